The Labute approximate surface area is 253 Å². The molecule has 2 aliphatic carbocycles. The maximum Gasteiger partial charge on any atom is 0.435 e. The first-order valence-corrected chi connectivity index (χ1v) is 15.7. The molecule has 15 heteroatoms. The lowest BCUT2D eigenvalue weighted by Gasteiger charge is -2.44. The maximum absolute atomic E-state index is 16.1. The Hall–Kier alpha value is -3.23. The largest absolute Gasteiger partial charge is 0.481 e. The Bertz CT molecular complexity index is 1600. The fourth-order valence-corrected chi connectivity index (χ4v) is 9.56. The van der Waals surface area contributed by atoms with Crippen molar-refractivity contribution < 1.29 is 58.2 Å². The van der Waals surface area contributed by atoms with E-state index in [9.17, 15) is 49.5 Å². The van der Waals surface area contributed by atoms with Gasteiger partial charge < -0.3 is 10.0 Å². The van der Waals surface area contributed by atoms with Crippen LogP contribution < -0.4 is 0 Å². The topological polar surface area (TPSA) is 91.8 Å². The number of aryl methyl sites for hydroxylation is 2. The molecule has 6 nitrogen and oxygen atoms in total. The second kappa shape index (κ2) is 10.7. The molecule has 1 N–H and O–H groups in total. The molecule has 2 unspecified atom stereocenters. The van der Waals surface area contributed by atoms with Crippen molar-refractivity contribution in [1.29, 1.82) is 0 Å². The molecule has 1 saturated carbocycles. The minimum absolute atomic E-state index is 0.127. The Morgan fingerprint density at radius 1 is 0.889 bits per heavy atom. The summed E-state index contributed by atoms with van der Waals surface area (Å²) < 4.78 is 139. The van der Waals surface area contributed by atoms with Crippen LogP contribution in [0.15, 0.2) is 47.4 Å². The van der Waals surface area contributed by atoms with Crippen molar-refractivity contribution in [3.05, 3.63) is 64.7 Å². The van der Waals surface area contributed by atoms with Crippen molar-refractivity contribution in [3.8, 4) is 0 Å². The van der Waals surface area contributed by atoms with Crippen LogP contribution in [0.5, 0.6) is 0 Å². The van der Waals surface area contributed by atoms with Crippen LogP contribution >= 0.6 is 0 Å². The van der Waals surface area contributed by atoms with E-state index < -0.39 is 80.5 Å². The van der Waals surface area contributed by atoms with Gasteiger partial charge in [0.2, 0.25) is 0 Å². The molecule has 2 fully saturated rings. The summed E-state index contributed by atoms with van der Waals surface area (Å²) in [6, 6.07) is 5.68. The predicted molar refractivity (Wildman–Crippen MR) is 143 cm³/mol. The Morgan fingerprint density at radius 2 is 1.47 bits per heavy atom. The summed E-state index contributed by atoms with van der Waals surface area (Å²) >= 11 is 0. The Balaban J connectivity index is 1.64. The monoisotopic (exact) mass is 667 g/mol. The molecule has 1 aliphatic heterocycles. The third-order valence-electron chi connectivity index (χ3n) is 9.65. The molecule has 1 heterocycles. The number of carboxylic acid groups (broad SMARTS) is 1. The van der Waals surface area contributed by atoms with Gasteiger partial charge in [0.25, 0.3) is 5.91 Å². The highest BCUT2D eigenvalue weighted by atomic mass is 32.2. The number of nitrogens with zero attached hydrogens (tertiary/aromatic N) is 1. The number of carbonyl (C=O) groups excluding carboxylic acids is 1. The minimum atomic E-state index is -6.38. The van der Waals surface area contributed by atoms with Gasteiger partial charge >= 0.3 is 24.0 Å². The zero-order chi connectivity index (χ0) is 33.4. The van der Waals surface area contributed by atoms with Gasteiger partial charge in [0.15, 0.2) is 15.5 Å². The molecule has 5 rings (SSSR count). The van der Waals surface area contributed by atoms with Gasteiger partial charge in [-0.3, -0.25) is 9.59 Å². The first-order chi connectivity index (χ1) is 20.7. The van der Waals surface area contributed by atoms with Crippen molar-refractivity contribution in [3.63, 3.8) is 0 Å². The molecule has 45 heavy (non-hydrogen) atoms. The molecule has 0 bridgehead atoms. The second-order valence-electron chi connectivity index (χ2n) is 12.1. The average Bonchev–Trinajstić information content (AvgIpc) is 3.37. The van der Waals surface area contributed by atoms with Gasteiger partial charge in [0.05, 0.1) is 16.9 Å². The van der Waals surface area contributed by atoms with Crippen LogP contribution in [0.25, 0.3) is 0 Å². The number of fused-ring (bicyclic) bond motifs is 3. The Kier molecular flexibility index (Phi) is 7.85. The summed E-state index contributed by atoms with van der Waals surface area (Å²) in [6.45, 7) is 1.39. The first-order valence-electron chi connectivity index (χ1n) is 14.2. The number of carboxylic acids is 1. The van der Waals surface area contributed by atoms with Crippen molar-refractivity contribution in [2.24, 2.45) is 5.92 Å². The normalized spacial score (nSPS) is 27.5. The van der Waals surface area contributed by atoms with Gasteiger partial charge in [-0.1, -0.05) is 35.9 Å². The molecule has 2 atom stereocenters. The molecule has 2 aromatic carbocycles. The Morgan fingerprint density at radius 3 is 2.00 bits per heavy atom. The summed E-state index contributed by atoms with van der Waals surface area (Å²) in [5, 5.41) is 9.28. The van der Waals surface area contributed by atoms with E-state index >= 15 is 8.78 Å². The number of rotatable bonds is 5. The van der Waals surface area contributed by atoms with Gasteiger partial charge in [-0.2, -0.15) is 26.3 Å². The molecule has 2 aromatic rings. The van der Waals surface area contributed by atoms with Gasteiger partial charge in [-0.25, -0.2) is 17.2 Å². The number of hydrogen-bond acceptors (Lipinski definition) is 4. The zero-order valence-electron chi connectivity index (χ0n) is 23.8. The fraction of sp³-hybridized carbons (Fsp3) is 0.533. The van der Waals surface area contributed by atoms with Crippen molar-refractivity contribution >= 4 is 21.7 Å². The highest BCUT2D eigenvalue weighted by Crippen LogP contribution is 2.57. The van der Waals surface area contributed by atoms with Crippen LogP contribution in [0.4, 0.5) is 35.1 Å². The molecule has 0 aromatic heterocycles. The van der Waals surface area contributed by atoms with E-state index in [0.717, 1.165) is 11.0 Å². The quantitative estimate of drug-likeness (QED) is 0.369. The number of carbonyl (C=O) groups is 2. The minimum Gasteiger partial charge on any atom is -0.481 e. The standard InChI is InChI=1S/C30H29F8NO5S/c1-17-2-6-21(7-3-17)45(43,44)27-14-15-39(25(42)26(31)12-10-18(11-13-26)24(40)41)23(27)9-4-19-16-20(5-8-22(19)27)28(32,29(33,34)35)30(36,37)38/h2-3,5-8,16,18,23H,4,9-15H2,1H3,(H,40,41). The van der Waals surface area contributed by atoms with E-state index in [1.165, 1.54) is 24.3 Å². The lowest BCUT2D eigenvalue weighted by atomic mass is 9.76. The molecule has 1 saturated heterocycles. The predicted octanol–water partition coefficient (Wildman–Crippen LogP) is 6.48. The summed E-state index contributed by atoms with van der Waals surface area (Å²) in [5.74, 6) is -3.03. The lowest BCUT2D eigenvalue weighted by molar-refractivity contribution is -0.348. The van der Waals surface area contributed by atoms with Crippen LogP contribution in [0, 0.1) is 12.8 Å². The van der Waals surface area contributed by atoms with E-state index in [4.69, 9.17) is 0 Å². The van der Waals surface area contributed by atoms with Gasteiger partial charge in [0, 0.05) is 12.1 Å². The summed E-state index contributed by atoms with van der Waals surface area (Å²) in [4.78, 5) is 25.9. The zero-order valence-corrected chi connectivity index (χ0v) is 24.6. The van der Waals surface area contributed by atoms with E-state index in [0.29, 0.717) is 11.6 Å². The van der Waals surface area contributed by atoms with E-state index in [1.807, 2.05) is 0 Å². The highest BCUT2D eigenvalue weighted by molar-refractivity contribution is 7.92. The second-order valence-corrected chi connectivity index (χ2v) is 14.3. The van der Waals surface area contributed by atoms with Crippen molar-refractivity contribution in [2.45, 2.75) is 91.2 Å². The number of likely N-dealkylation sites (tertiary alicyclic amines) is 1. The van der Waals surface area contributed by atoms with Crippen LogP contribution in [0.3, 0.4) is 0 Å². The van der Waals surface area contributed by atoms with Crippen molar-refractivity contribution in [2.75, 3.05) is 6.54 Å². The lowest BCUT2D eigenvalue weighted by Crippen LogP contribution is -2.56. The number of benzene rings is 2. The van der Waals surface area contributed by atoms with Gasteiger partial charge in [0.1, 0.15) is 4.75 Å². The summed E-state index contributed by atoms with van der Waals surface area (Å²) in [6.07, 6.45) is -14.8. The highest BCUT2D eigenvalue weighted by Gasteiger charge is 2.74. The number of alkyl halides is 8. The van der Waals surface area contributed by atoms with Crippen LogP contribution in [0.2, 0.25) is 0 Å². The SMILES string of the molecule is Cc1ccc(S(=O)(=O)C23CCN(C(=O)C4(F)CCC(C(=O)O)CC4)C2CCc2cc(C(F)(C(F)(F)F)C(F)(F)F)ccc23)cc1. The van der Waals surface area contributed by atoms with Gasteiger partial charge in [-0.05, 0) is 75.1 Å². The van der Waals surface area contributed by atoms with E-state index in [1.54, 1.807) is 6.92 Å². The maximum atomic E-state index is 16.1. The molecule has 0 spiro atoms. The molecule has 0 radical (unpaired) electrons. The fourth-order valence-electron chi connectivity index (χ4n) is 7.19. The molecule has 3 aliphatic rings. The van der Waals surface area contributed by atoms with Crippen LogP contribution in [-0.4, -0.2) is 60.9 Å². The smallest absolute Gasteiger partial charge is 0.435 e. The third kappa shape index (κ3) is 4.91. The van der Waals surface area contributed by atoms with Crippen LogP contribution in [-0.2, 0) is 36.3 Å². The number of amides is 1. The number of sulfone groups is 1. The number of aliphatic carboxylic acids is 1. The molecule has 246 valence electrons. The molecule has 1 amide bonds. The van der Waals surface area contributed by atoms with Crippen molar-refractivity contribution in [1.82, 2.24) is 4.90 Å². The summed E-state index contributed by atoms with van der Waals surface area (Å²) in [5.41, 5.74) is -9.75. The average molecular weight is 668 g/mol. The van der Waals surface area contributed by atoms with Crippen LogP contribution in [0.1, 0.15) is 60.8 Å². The van der Waals surface area contributed by atoms with E-state index in [2.05, 4.69) is 0 Å². The summed E-state index contributed by atoms with van der Waals surface area (Å²) in [7, 11) is -4.56. The molecular weight excluding hydrogens is 638 g/mol. The van der Waals surface area contributed by atoms with E-state index in [-0.39, 0.29) is 60.7 Å². The first kappa shape index (κ1) is 33.1. The third-order valence-corrected chi connectivity index (χ3v) is 12.2. The number of halogens is 8. The van der Waals surface area contributed by atoms with Gasteiger partial charge in [-0.15, -0.1) is 0 Å². The molecular formula is C30H29F8NO5S. The number of hydrogen-bond donors (Lipinski definition) is 1.